The first-order valence-electron chi connectivity index (χ1n) is 6.55. The fraction of sp³-hybridized carbons (Fsp3) is 0.267. The van der Waals surface area contributed by atoms with Gasteiger partial charge in [-0.3, -0.25) is 4.98 Å². The van der Waals surface area contributed by atoms with Gasteiger partial charge in [-0.2, -0.15) is 0 Å². The van der Waals surface area contributed by atoms with E-state index in [9.17, 15) is 10.2 Å². The molecule has 3 N–H and O–H groups in total. The molecule has 0 aliphatic carbocycles. The molecular weight excluding hydrogens is 327 g/mol. The van der Waals surface area contributed by atoms with Gasteiger partial charge in [-0.05, 0) is 48.4 Å². The van der Waals surface area contributed by atoms with Gasteiger partial charge in [0.15, 0.2) is 11.5 Å². The van der Waals surface area contributed by atoms with Crippen LogP contribution in [0.2, 0.25) is 0 Å². The number of nitrogens with zero attached hydrogens (tertiary/aromatic N) is 1. The highest BCUT2D eigenvalue weighted by molar-refractivity contribution is 5.85. The minimum absolute atomic E-state index is 0. The Balaban J connectivity index is 0.00000121. The molecule has 1 aromatic heterocycles. The van der Waals surface area contributed by atoms with Crippen molar-refractivity contribution in [2.24, 2.45) is 0 Å². The number of fused-ring (bicyclic) bond motifs is 1. The largest absolute Gasteiger partial charge is 0.504 e. The first kappa shape index (κ1) is 18.4. The smallest absolute Gasteiger partial charge is 0.157 e. The Kier molecular flexibility index (Phi) is 6.74. The third-order valence-electron chi connectivity index (χ3n) is 3.46. The molecule has 0 radical (unpaired) electrons. The number of benzene rings is 1. The summed E-state index contributed by atoms with van der Waals surface area (Å²) in [6, 6.07) is 6.84. The Bertz CT molecular complexity index is 611. The molecule has 0 saturated heterocycles. The second-order valence-corrected chi connectivity index (χ2v) is 4.79. The molecule has 7 heteroatoms. The first-order valence-corrected chi connectivity index (χ1v) is 6.55. The zero-order chi connectivity index (χ0) is 13.9. The predicted octanol–water partition coefficient (Wildman–Crippen LogP) is 2.60. The van der Waals surface area contributed by atoms with Gasteiger partial charge >= 0.3 is 0 Å². The Morgan fingerprint density at radius 1 is 1.14 bits per heavy atom. The molecule has 3 rings (SSSR count). The zero-order valence-electron chi connectivity index (χ0n) is 11.7. The molecule has 0 amide bonds. The normalized spacial score (nSPS) is 15.9. The maximum absolute atomic E-state index is 9.65. The Labute approximate surface area is 141 Å². The highest BCUT2D eigenvalue weighted by atomic mass is 35.5. The van der Waals surface area contributed by atoms with Crippen molar-refractivity contribution < 1.29 is 14.9 Å². The third kappa shape index (κ3) is 3.94. The average molecular weight is 345 g/mol. The molecular formula is C15H18Cl2N2O3. The van der Waals surface area contributed by atoms with Crippen LogP contribution in [0.3, 0.4) is 0 Å². The summed E-state index contributed by atoms with van der Waals surface area (Å²) in [5.74, 6) is 0.595. The second kappa shape index (κ2) is 8.08. The number of hydrogen-bond donors (Lipinski definition) is 3. The third-order valence-corrected chi connectivity index (χ3v) is 3.46. The highest BCUT2D eigenvalue weighted by Crippen LogP contribution is 2.33. The van der Waals surface area contributed by atoms with Gasteiger partial charge in [0, 0.05) is 12.4 Å². The molecule has 0 spiro atoms. The minimum atomic E-state index is -0.0960. The summed E-state index contributed by atoms with van der Waals surface area (Å²) in [6.07, 6.45) is 4.19. The number of nitrogens with one attached hydrogen (secondary N) is 1. The number of halogens is 2. The summed E-state index contributed by atoms with van der Waals surface area (Å²) in [4.78, 5) is 3.94. The van der Waals surface area contributed by atoms with Crippen LogP contribution in [0.15, 0.2) is 36.7 Å². The van der Waals surface area contributed by atoms with E-state index >= 15 is 0 Å². The fourth-order valence-corrected chi connectivity index (χ4v) is 2.43. The maximum atomic E-state index is 9.65. The van der Waals surface area contributed by atoms with E-state index in [1.807, 2.05) is 0 Å². The number of pyridine rings is 1. The number of aromatic hydroxyl groups is 2. The summed E-state index contributed by atoms with van der Waals surface area (Å²) in [5, 5.41) is 22.6. The van der Waals surface area contributed by atoms with Crippen molar-refractivity contribution in [3.8, 4) is 17.2 Å². The van der Waals surface area contributed by atoms with Crippen LogP contribution < -0.4 is 10.1 Å². The van der Waals surface area contributed by atoms with Crippen molar-refractivity contribution in [2.75, 3.05) is 13.2 Å². The van der Waals surface area contributed by atoms with E-state index in [4.69, 9.17) is 4.74 Å². The van der Waals surface area contributed by atoms with Gasteiger partial charge in [-0.1, -0.05) is 0 Å². The van der Waals surface area contributed by atoms with Gasteiger partial charge in [0.1, 0.15) is 12.4 Å². The van der Waals surface area contributed by atoms with Crippen LogP contribution in [0.4, 0.5) is 0 Å². The highest BCUT2D eigenvalue weighted by Gasteiger charge is 2.22. The van der Waals surface area contributed by atoms with Crippen LogP contribution in [0.5, 0.6) is 17.2 Å². The lowest BCUT2D eigenvalue weighted by molar-refractivity contribution is 0.260. The molecule has 1 aliphatic heterocycles. The second-order valence-electron chi connectivity index (χ2n) is 4.79. The van der Waals surface area contributed by atoms with Gasteiger partial charge in [0.25, 0.3) is 0 Å². The molecule has 0 bridgehead atoms. The van der Waals surface area contributed by atoms with Crippen molar-refractivity contribution in [2.45, 2.75) is 12.5 Å². The van der Waals surface area contributed by atoms with Crippen LogP contribution in [0.25, 0.3) is 0 Å². The summed E-state index contributed by atoms with van der Waals surface area (Å²) >= 11 is 0. The van der Waals surface area contributed by atoms with Crippen molar-refractivity contribution in [1.29, 1.82) is 0 Å². The van der Waals surface area contributed by atoms with Gasteiger partial charge in [-0.25, -0.2) is 0 Å². The van der Waals surface area contributed by atoms with Gasteiger partial charge in [0.2, 0.25) is 0 Å². The quantitative estimate of drug-likeness (QED) is 0.746. The predicted molar refractivity (Wildman–Crippen MR) is 88.4 cm³/mol. The summed E-state index contributed by atoms with van der Waals surface area (Å²) in [7, 11) is 0. The molecule has 5 nitrogen and oxygen atoms in total. The number of rotatable bonds is 3. The molecule has 1 aromatic carbocycles. The maximum Gasteiger partial charge on any atom is 0.157 e. The van der Waals surface area contributed by atoms with Gasteiger partial charge < -0.3 is 20.3 Å². The average Bonchev–Trinajstić information content (AvgIpc) is 2.47. The van der Waals surface area contributed by atoms with E-state index in [2.05, 4.69) is 10.3 Å². The van der Waals surface area contributed by atoms with Gasteiger partial charge in [0.05, 0.1) is 6.04 Å². The monoisotopic (exact) mass is 344 g/mol. The summed E-state index contributed by atoms with van der Waals surface area (Å²) in [5.41, 5.74) is 2.02. The van der Waals surface area contributed by atoms with E-state index in [0.717, 1.165) is 29.8 Å². The van der Waals surface area contributed by atoms with Crippen LogP contribution in [0.1, 0.15) is 17.2 Å². The van der Waals surface area contributed by atoms with Crippen LogP contribution in [0, 0.1) is 0 Å². The first-order chi connectivity index (χ1) is 9.74. The Morgan fingerprint density at radius 3 is 2.55 bits per heavy atom. The lowest BCUT2D eigenvalue weighted by Crippen LogP contribution is -2.33. The molecule has 0 fully saturated rings. The number of aromatic nitrogens is 1. The lowest BCUT2D eigenvalue weighted by Gasteiger charge is -2.27. The van der Waals surface area contributed by atoms with Crippen LogP contribution in [-0.4, -0.2) is 28.3 Å². The number of phenolic OH excluding ortho intramolecular Hbond substituents is 2. The van der Waals surface area contributed by atoms with E-state index in [0.29, 0.717) is 6.61 Å². The van der Waals surface area contributed by atoms with Crippen molar-refractivity contribution in [3.05, 3.63) is 47.8 Å². The van der Waals surface area contributed by atoms with Crippen molar-refractivity contribution in [3.63, 3.8) is 0 Å². The summed E-state index contributed by atoms with van der Waals surface area (Å²) in [6.45, 7) is 1.28. The minimum Gasteiger partial charge on any atom is -0.504 e. The molecule has 0 saturated carbocycles. The SMILES string of the molecule is Cl.Cl.Oc1cc2c(cc1O)C(COc1ccncc1)NCC2. The van der Waals surface area contributed by atoms with E-state index in [1.54, 1.807) is 36.7 Å². The molecule has 1 atom stereocenters. The zero-order valence-corrected chi connectivity index (χ0v) is 13.4. The van der Waals surface area contributed by atoms with Crippen LogP contribution in [-0.2, 0) is 6.42 Å². The van der Waals surface area contributed by atoms with E-state index < -0.39 is 0 Å². The standard InChI is InChI=1S/C15H16N2O3.2ClH/c18-14-7-10-1-6-17-13(12(10)8-15(14)19)9-20-11-2-4-16-5-3-11;;/h2-5,7-8,13,17-19H,1,6,9H2;2*1H. The Hall–Kier alpha value is -1.69. The fourth-order valence-electron chi connectivity index (χ4n) is 2.43. The number of ether oxygens (including phenoxy) is 1. The molecule has 2 heterocycles. The topological polar surface area (TPSA) is 74.6 Å². The molecule has 120 valence electrons. The summed E-state index contributed by atoms with van der Waals surface area (Å²) < 4.78 is 5.73. The number of phenols is 2. The van der Waals surface area contributed by atoms with E-state index in [1.165, 1.54) is 0 Å². The van der Waals surface area contributed by atoms with Crippen LogP contribution >= 0.6 is 24.8 Å². The number of hydrogen-bond acceptors (Lipinski definition) is 5. The molecule has 22 heavy (non-hydrogen) atoms. The molecule has 1 aliphatic rings. The van der Waals surface area contributed by atoms with Crippen molar-refractivity contribution >= 4 is 24.8 Å². The Morgan fingerprint density at radius 2 is 1.82 bits per heavy atom. The van der Waals surface area contributed by atoms with Gasteiger partial charge in [-0.15, -0.1) is 24.8 Å². The molecule has 1 unspecified atom stereocenters. The molecule has 2 aromatic rings. The van der Waals surface area contributed by atoms with E-state index in [-0.39, 0.29) is 42.4 Å². The van der Waals surface area contributed by atoms with Crippen molar-refractivity contribution in [1.82, 2.24) is 10.3 Å². The lowest BCUT2D eigenvalue weighted by atomic mass is 9.94.